The lowest BCUT2D eigenvalue weighted by Crippen LogP contribution is -2.00. The summed E-state index contributed by atoms with van der Waals surface area (Å²) < 4.78 is 5.60. The molecular weight excluding hydrogens is 307 g/mol. The predicted octanol–water partition coefficient (Wildman–Crippen LogP) is 4.66. The first-order valence-corrected chi connectivity index (χ1v) is 6.63. The second-order valence-electron chi connectivity index (χ2n) is 3.77. The van der Waals surface area contributed by atoms with Crippen LogP contribution >= 0.6 is 34.8 Å². The number of anilines is 1. The summed E-state index contributed by atoms with van der Waals surface area (Å²) >= 11 is 17.9. The Balaban J connectivity index is 2.14. The van der Waals surface area contributed by atoms with Gasteiger partial charge in [-0.15, -0.1) is 0 Å². The van der Waals surface area contributed by atoms with Crippen molar-refractivity contribution in [3.05, 3.63) is 51.2 Å². The minimum Gasteiger partial charge on any atom is -0.484 e. The number of hydrogen-bond donors (Lipinski definition) is 1. The molecule has 3 nitrogen and oxygen atoms in total. The van der Waals surface area contributed by atoms with Crippen LogP contribution in [0.15, 0.2) is 30.5 Å². The molecule has 19 heavy (non-hydrogen) atoms. The van der Waals surface area contributed by atoms with Gasteiger partial charge in [-0.1, -0.05) is 34.8 Å². The fourth-order valence-corrected chi connectivity index (χ4v) is 2.45. The van der Waals surface area contributed by atoms with Crippen molar-refractivity contribution in [1.29, 1.82) is 0 Å². The Morgan fingerprint density at radius 2 is 1.84 bits per heavy atom. The Labute approximate surface area is 126 Å². The van der Waals surface area contributed by atoms with Crippen molar-refractivity contribution in [3.63, 3.8) is 0 Å². The van der Waals surface area contributed by atoms with Crippen molar-refractivity contribution in [1.82, 2.24) is 4.98 Å². The van der Waals surface area contributed by atoms with Crippen LogP contribution in [0.2, 0.25) is 15.1 Å². The first-order chi connectivity index (χ1) is 9.10. The molecular formula is C13H11Cl3N2O. The van der Waals surface area contributed by atoms with E-state index >= 15 is 0 Å². The highest BCUT2D eigenvalue weighted by Gasteiger charge is 2.09. The van der Waals surface area contributed by atoms with Gasteiger partial charge in [-0.05, 0) is 24.3 Å². The lowest BCUT2D eigenvalue weighted by molar-refractivity contribution is 0.302. The Hall–Kier alpha value is -1.16. The maximum absolute atomic E-state index is 6.03. The van der Waals surface area contributed by atoms with Crippen LogP contribution in [0.3, 0.4) is 0 Å². The Kier molecular flexibility index (Phi) is 4.75. The molecule has 0 spiro atoms. The summed E-state index contributed by atoms with van der Waals surface area (Å²) in [4.78, 5) is 4.20. The van der Waals surface area contributed by atoms with Crippen LogP contribution in [0.5, 0.6) is 5.75 Å². The van der Waals surface area contributed by atoms with E-state index in [1.54, 1.807) is 18.3 Å². The van der Waals surface area contributed by atoms with Gasteiger partial charge >= 0.3 is 0 Å². The maximum Gasteiger partial charge on any atom is 0.157 e. The van der Waals surface area contributed by atoms with E-state index < -0.39 is 0 Å². The average Bonchev–Trinajstić information content (AvgIpc) is 2.37. The minimum atomic E-state index is 0.274. The van der Waals surface area contributed by atoms with E-state index in [9.17, 15) is 0 Å². The Morgan fingerprint density at radius 1 is 1.16 bits per heavy atom. The zero-order chi connectivity index (χ0) is 13.8. The van der Waals surface area contributed by atoms with Gasteiger partial charge in [0.05, 0.1) is 15.7 Å². The largest absolute Gasteiger partial charge is 0.484 e. The van der Waals surface area contributed by atoms with E-state index in [2.05, 4.69) is 10.3 Å². The number of pyridine rings is 1. The van der Waals surface area contributed by atoms with Crippen LogP contribution in [0.25, 0.3) is 0 Å². The van der Waals surface area contributed by atoms with Crippen molar-refractivity contribution >= 4 is 40.5 Å². The molecule has 0 aliphatic carbocycles. The molecule has 2 aromatic rings. The van der Waals surface area contributed by atoms with Gasteiger partial charge in [0.25, 0.3) is 0 Å². The fraction of sp³-hybridized carbons (Fsp3) is 0.154. The van der Waals surface area contributed by atoms with Crippen LogP contribution in [-0.2, 0) is 6.61 Å². The standard InChI is InChI=1S/C13H11Cl3N2O/c1-17-9-2-3-18-10(6-9)7-19-13-11(15)4-8(14)5-12(13)16/h2-6H,7H2,1H3,(H,17,18). The van der Waals surface area contributed by atoms with E-state index in [1.807, 2.05) is 19.2 Å². The van der Waals surface area contributed by atoms with Gasteiger partial charge in [-0.25, -0.2) is 0 Å². The molecule has 0 aliphatic heterocycles. The number of nitrogens with zero attached hydrogens (tertiary/aromatic N) is 1. The van der Waals surface area contributed by atoms with Gasteiger partial charge in [0.2, 0.25) is 0 Å². The third-order valence-corrected chi connectivity index (χ3v) is 3.21. The second-order valence-corrected chi connectivity index (χ2v) is 5.02. The molecule has 100 valence electrons. The van der Waals surface area contributed by atoms with Crippen molar-refractivity contribution < 1.29 is 4.74 Å². The molecule has 0 bridgehead atoms. The van der Waals surface area contributed by atoms with Gasteiger partial charge in [0.1, 0.15) is 6.61 Å². The molecule has 1 N–H and O–H groups in total. The summed E-state index contributed by atoms with van der Waals surface area (Å²) in [7, 11) is 1.84. The van der Waals surface area contributed by atoms with E-state index in [-0.39, 0.29) is 6.61 Å². The molecule has 0 unspecified atom stereocenters. The summed E-state index contributed by atoms with van der Waals surface area (Å²) in [6.07, 6.45) is 1.70. The third kappa shape index (κ3) is 3.66. The lowest BCUT2D eigenvalue weighted by atomic mass is 10.3. The van der Waals surface area contributed by atoms with E-state index in [0.717, 1.165) is 11.4 Å². The first kappa shape index (κ1) is 14.3. The third-order valence-electron chi connectivity index (χ3n) is 2.43. The van der Waals surface area contributed by atoms with E-state index in [0.29, 0.717) is 20.8 Å². The highest BCUT2D eigenvalue weighted by atomic mass is 35.5. The first-order valence-electron chi connectivity index (χ1n) is 5.50. The predicted molar refractivity (Wildman–Crippen MR) is 79.6 cm³/mol. The number of halogens is 3. The Bertz CT molecular complexity index is 567. The zero-order valence-corrected chi connectivity index (χ0v) is 12.4. The topological polar surface area (TPSA) is 34.2 Å². The minimum absolute atomic E-state index is 0.274. The quantitative estimate of drug-likeness (QED) is 0.890. The van der Waals surface area contributed by atoms with Crippen molar-refractivity contribution in [2.24, 2.45) is 0 Å². The van der Waals surface area contributed by atoms with E-state index in [4.69, 9.17) is 39.5 Å². The van der Waals surface area contributed by atoms with Crippen molar-refractivity contribution in [2.75, 3.05) is 12.4 Å². The van der Waals surface area contributed by atoms with Crippen LogP contribution in [0.4, 0.5) is 5.69 Å². The molecule has 0 amide bonds. The van der Waals surface area contributed by atoms with Crippen LogP contribution in [0, 0.1) is 0 Å². The van der Waals surface area contributed by atoms with Gasteiger partial charge in [0.15, 0.2) is 5.75 Å². The summed E-state index contributed by atoms with van der Waals surface area (Å²) in [6, 6.07) is 6.92. The molecule has 1 aromatic carbocycles. The number of nitrogens with one attached hydrogen (secondary N) is 1. The highest BCUT2D eigenvalue weighted by Crippen LogP contribution is 2.36. The summed E-state index contributed by atoms with van der Waals surface area (Å²) in [5.41, 5.74) is 1.73. The summed E-state index contributed by atoms with van der Waals surface area (Å²) in [5, 5.41) is 4.25. The molecule has 0 atom stereocenters. The highest BCUT2D eigenvalue weighted by molar-refractivity contribution is 6.40. The molecule has 0 radical (unpaired) electrons. The summed E-state index contributed by atoms with van der Waals surface area (Å²) in [6.45, 7) is 0.274. The van der Waals surface area contributed by atoms with Crippen LogP contribution in [-0.4, -0.2) is 12.0 Å². The van der Waals surface area contributed by atoms with Crippen molar-refractivity contribution in [3.8, 4) is 5.75 Å². The summed E-state index contributed by atoms with van der Waals surface area (Å²) in [5.74, 6) is 0.407. The number of benzene rings is 1. The van der Waals surface area contributed by atoms with Crippen LogP contribution in [0.1, 0.15) is 5.69 Å². The molecule has 0 saturated carbocycles. The fourth-order valence-electron chi connectivity index (χ4n) is 1.53. The molecule has 0 saturated heterocycles. The molecule has 1 heterocycles. The maximum atomic E-state index is 6.03. The molecule has 0 aliphatic rings. The molecule has 6 heteroatoms. The normalized spacial score (nSPS) is 10.3. The van der Waals surface area contributed by atoms with Gasteiger partial charge in [-0.3, -0.25) is 4.98 Å². The number of aromatic nitrogens is 1. The Morgan fingerprint density at radius 3 is 2.47 bits per heavy atom. The average molecular weight is 318 g/mol. The van der Waals surface area contributed by atoms with Gasteiger partial charge < -0.3 is 10.1 Å². The van der Waals surface area contributed by atoms with Crippen molar-refractivity contribution in [2.45, 2.75) is 6.61 Å². The molecule has 2 rings (SSSR count). The molecule has 1 aromatic heterocycles. The number of ether oxygens (including phenoxy) is 1. The van der Waals surface area contributed by atoms with Crippen LogP contribution < -0.4 is 10.1 Å². The number of rotatable bonds is 4. The monoisotopic (exact) mass is 316 g/mol. The zero-order valence-electron chi connectivity index (χ0n) is 10.1. The smallest absolute Gasteiger partial charge is 0.157 e. The van der Waals surface area contributed by atoms with E-state index in [1.165, 1.54) is 0 Å². The van der Waals surface area contributed by atoms with Gasteiger partial charge in [0, 0.05) is 24.0 Å². The second kappa shape index (κ2) is 6.33. The SMILES string of the molecule is CNc1ccnc(COc2c(Cl)cc(Cl)cc2Cl)c1. The number of hydrogen-bond acceptors (Lipinski definition) is 3. The lowest BCUT2D eigenvalue weighted by Gasteiger charge is -2.10. The van der Waals surface area contributed by atoms with Gasteiger partial charge in [-0.2, -0.15) is 0 Å². The molecule has 0 fully saturated rings.